The first-order chi connectivity index (χ1) is 8.17. The number of hydrogen-bond donors (Lipinski definition) is 0. The van der Waals surface area contributed by atoms with Gasteiger partial charge in [0.05, 0.1) is 15.9 Å². The fraction of sp³-hybridized carbons (Fsp3) is 0.750. The number of thioether (sulfide) groups is 1. The Hall–Kier alpha value is 0.330. The van der Waals surface area contributed by atoms with Crippen molar-refractivity contribution in [1.29, 1.82) is 0 Å². The molecule has 17 heavy (non-hydrogen) atoms. The Morgan fingerprint density at radius 3 is 2.76 bits per heavy atom. The highest BCUT2D eigenvalue weighted by Gasteiger charge is 2.28. The van der Waals surface area contributed by atoms with E-state index in [9.17, 15) is 0 Å². The maximum Gasteiger partial charge on any atom is 0.0766 e. The van der Waals surface area contributed by atoms with Gasteiger partial charge in [0.1, 0.15) is 0 Å². The van der Waals surface area contributed by atoms with E-state index in [2.05, 4.69) is 39.6 Å². The average Bonchev–Trinajstić information content (AvgIpc) is 2.86. The average molecular weight is 338 g/mol. The van der Waals surface area contributed by atoms with Crippen LogP contribution in [0.1, 0.15) is 25.2 Å². The topological polar surface area (TPSA) is 17.8 Å². The van der Waals surface area contributed by atoms with E-state index in [1.54, 1.807) is 0 Å². The van der Waals surface area contributed by atoms with Gasteiger partial charge in [-0.15, -0.1) is 11.6 Å². The molecule has 0 amide bonds. The third-order valence-electron chi connectivity index (χ3n) is 3.27. The van der Waals surface area contributed by atoms with Gasteiger partial charge in [0.15, 0.2) is 0 Å². The third-order valence-corrected chi connectivity index (χ3v) is 6.14. The quantitative estimate of drug-likeness (QED) is 0.779. The van der Waals surface area contributed by atoms with E-state index in [0.29, 0.717) is 11.3 Å². The van der Waals surface area contributed by atoms with Gasteiger partial charge in [-0.05, 0) is 47.4 Å². The number of hydrogen-bond acceptors (Lipinski definition) is 2. The van der Waals surface area contributed by atoms with E-state index < -0.39 is 0 Å². The van der Waals surface area contributed by atoms with Crippen LogP contribution >= 0.6 is 39.3 Å². The molecular formula is C12H18BrClN2S. The van der Waals surface area contributed by atoms with Gasteiger partial charge in [-0.1, -0.05) is 6.92 Å². The number of nitrogens with zero attached hydrogens (tertiary/aromatic N) is 2. The first-order valence-corrected chi connectivity index (χ1v) is 8.51. The predicted octanol–water partition coefficient (Wildman–Crippen LogP) is 3.74. The van der Waals surface area contributed by atoms with Crippen LogP contribution in [0.5, 0.6) is 0 Å². The standard InChI is InChI=1S/C12H18BrClN2S/c1-3-10-12(13)11(16(4-2)15-10)5-8-6-17-7-9(8)14/h8-9H,3-7H2,1-2H3. The van der Waals surface area contributed by atoms with Gasteiger partial charge in [-0.3, -0.25) is 4.68 Å². The van der Waals surface area contributed by atoms with Crippen LogP contribution < -0.4 is 0 Å². The van der Waals surface area contributed by atoms with E-state index in [-0.39, 0.29) is 0 Å². The van der Waals surface area contributed by atoms with Crippen molar-refractivity contribution >= 4 is 39.3 Å². The molecule has 2 unspecified atom stereocenters. The van der Waals surface area contributed by atoms with Gasteiger partial charge < -0.3 is 0 Å². The monoisotopic (exact) mass is 336 g/mol. The molecule has 1 aliphatic heterocycles. The molecule has 2 atom stereocenters. The van der Waals surface area contributed by atoms with Crippen LogP contribution in [0, 0.1) is 5.92 Å². The second-order valence-corrected chi connectivity index (χ2v) is 6.82. The van der Waals surface area contributed by atoms with Crippen molar-refractivity contribution < 1.29 is 0 Å². The van der Waals surface area contributed by atoms with Crippen LogP contribution in [0.2, 0.25) is 0 Å². The van der Waals surface area contributed by atoms with Crippen LogP contribution in [0.3, 0.4) is 0 Å². The van der Waals surface area contributed by atoms with Crippen molar-refractivity contribution in [1.82, 2.24) is 9.78 Å². The summed E-state index contributed by atoms with van der Waals surface area (Å²) in [4.78, 5) is 0. The molecule has 96 valence electrons. The molecule has 0 aromatic carbocycles. The summed E-state index contributed by atoms with van der Waals surface area (Å²) in [6.45, 7) is 5.22. The van der Waals surface area contributed by atoms with Crippen LogP contribution in [-0.2, 0) is 19.4 Å². The number of alkyl halides is 1. The lowest BCUT2D eigenvalue weighted by Crippen LogP contribution is -2.17. The van der Waals surface area contributed by atoms with Crippen LogP contribution in [0.4, 0.5) is 0 Å². The van der Waals surface area contributed by atoms with E-state index in [1.165, 1.54) is 21.6 Å². The highest BCUT2D eigenvalue weighted by molar-refractivity contribution is 9.10. The van der Waals surface area contributed by atoms with Crippen LogP contribution in [-0.4, -0.2) is 26.7 Å². The molecule has 1 saturated heterocycles. The van der Waals surface area contributed by atoms with Gasteiger partial charge >= 0.3 is 0 Å². The molecule has 0 saturated carbocycles. The van der Waals surface area contributed by atoms with E-state index in [1.807, 2.05) is 11.8 Å². The second-order valence-electron chi connectivity index (χ2n) is 4.39. The van der Waals surface area contributed by atoms with Crippen molar-refractivity contribution in [3.63, 3.8) is 0 Å². The molecule has 0 aliphatic carbocycles. The maximum absolute atomic E-state index is 6.35. The third kappa shape index (κ3) is 2.85. The summed E-state index contributed by atoms with van der Waals surface area (Å²) < 4.78 is 3.32. The Kier molecular flexibility index (Phi) is 4.84. The molecule has 0 N–H and O–H groups in total. The Balaban J connectivity index is 2.21. The summed E-state index contributed by atoms with van der Waals surface area (Å²) in [5, 5.41) is 4.95. The molecule has 1 aromatic heterocycles. The van der Waals surface area contributed by atoms with Crippen molar-refractivity contribution in [2.45, 2.75) is 38.6 Å². The van der Waals surface area contributed by atoms with Gasteiger partial charge in [0.25, 0.3) is 0 Å². The molecule has 5 heteroatoms. The van der Waals surface area contributed by atoms with E-state index in [0.717, 1.165) is 25.1 Å². The van der Waals surface area contributed by atoms with Crippen molar-refractivity contribution in [2.24, 2.45) is 5.92 Å². The van der Waals surface area contributed by atoms with Crippen molar-refractivity contribution in [3.8, 4) is 0 Å². The van der Waals surface area contributed by atoms with E-state index in [4.69, 9.17) is 11.6 Å². The minimum atomic E-state index is 0.317. The Morgan fingerprint density at radius 1 is 1.47 bits per heavy atom. The lowest BCUT2D eigenvalue weighted by molar-refractivity contribution is 0.541. The van der Waals surface area contributed by atoms with Crippen LogP contribution in [0.15, 0.2) is 4.47 Å². The molecule has 1 aromatic rings. The zero-order valence-electron chi connectivity index (χ0n) is 10.2. The summed E-state index contributed by atoms with van der Waals surface area (Å²) in [7, 11) is 0. The Bertz CT molecular complexity index is 394. The zero-order chi connectivity index (χ0) is 12.4. The second kappa shape index (κ2) is 5.98. The fourth-order valence-corrected chi connectivity index (χ4v) is 4.78. The normalized spacial score (nSPS) is 24.5. The van der Waals surface area contributed by atoms with Gasteiger partial charge in [0.2, 0.25) is 0 Å². The Morgan fingerprint density at radius 2 is 2.24 bits per heavy atom. The first kappa shape index (κ1) is 13.8. The van der Waals surface area contributed by atoms with Crippen molar-refractivity contribution in [3.05, 3.63) is 15.9 Å². The highest BCUT2D eigenvalue weighted by atomic mass is 79.9. The number of rotatable bonds is 4. The fourth-order valence-electron chi connectivity index (χ4n) is 2.22. The van der Waals surface area contributed by atoms with Crippen molar-refractivity contribution in [2.75, 3.05) is 11.5 Å². The predicted molar refractivity (Wildman–Crippen MR) is 79.1 cm³/mol. The molecular weight excluding hydrogens is 320 g/mol. The van der Waals surface area contributed by atoms with Crippen LogP contribution in [0.25, 0.3) is 0 Å². The highest BCUT2D eigenvalue weighted by Crippen LogP contribution is 2.33. The largest absolute Gasteiger partial charge is 0.268 e. The number of halogens is 2. The molecule has 0 bridgehead atoms. The summed E-state index contributed by atoms with van der Waals surface area (Å²) in [5.74, 6) is 2.85. The summed E-state index contributed by atoms with van der Waals surface area (Å²) in [6.07, 6.45) is 2.02. The SMILES string of the molecule is CCc1nn(CC)c(CC2CSCC2Cl)c1Br. The smallest absolute Gasteiger partial charge is 0.0766 e. The number of aromatic nitrogens is 2. The Labute approximate surface area is 121 Å². The van der Waals surface area contributed by atoms with Gasteiger partial charge in [0, 0.05) is 17.7 Å². The molecule has 1 aliphatic rings. The molecule has 0 spiro atoms. The minimum absolute atomic E-state index is 0.317. The zero-order valence-corrected chi connectivity index (χ0v) is 13.4. The maximum atomic E-state index is 6.35. The summed E-state index contributed by atoms with van der Waals surface area (Å²) >= 11 is 12.0. The summed E-state index contributed by atoms with van der Waals surface area (Å²) in [6, 6.07) is 0. The number of aryl methyl sites for hydroxylation is 2. The van der Waals surface area contributed by atoms with Gasteiger partial charge in [-0.2, -0.15) is 16.9 Å². The first-order valence-electron chi connectivity index (χ1n) is 6.13. The minimum Gasteiger partial charge on any atom is -0.268 e. The molecule has 2 rings (SSSR count). The molecule has 2 heterocycles. The molecule has 0 radical (unpaired) electrons. The van der Waals surface area contributed by atoms with Gasteiger partial charge in [-0.25, -0.2) is 0 Å². The summed E-state index contributed by atoms with van der Waals surface area (Å²) in [5.41, 5.74) is 2.49. The van der Waals surface area contributed by atoms with E-state index >= 15 is 0 Å². The lowest BCUT2D eigenvalue weighted by atomic mass is 10.0. The molecule has 1 fully saturated rings. The lowest BCUT2D eigenvalue weighted by Gasteiger charge is -2.13. The molecule has 2 nitrogen and oxygen atoms in total.